The molecule has 0 aliphatic carbocycles. The number of hydrogen-bond acceptors (Lipinski definition) is 2. The van der Waals surface area contributed by atoms with Gasteiger partial charge < -0.3 is 5.32 Å². The predicted octanol–water partition coefficient (Wildman–Crippen LogP) is 4.05. The van der Waals surface area contributed by atoms with Crippen LogP contribution in [0.4, 0.5) is 5.69 Å². The largest absolute Gasteiger partial charge is 0.326 e. The first-order valence-corrected chi connectivity index (χ1v) is 6.58. The zero-order chi connectivity index (χ0) is 14.5. The lowest BCUT2D eigenvalue weighted by molar-refractivity contribution is -0.115. The van der Waals surface area contributed by atoms with Crippen LogP contribution in [0.1, 0.15) is 11.1 Å². The van der Waals surface area contributed by atoms with Crippen molar-refractivity contribution in [1.29, 1.82) is 5.26 Å². The topological polar surface area (TPSA) is 52.9 Å². The standard InChI is InChI=1S/C15H10Cl2N2O/c16-12-5-4-11(14(17)8-12)7-15(20)19-13-3-1-2-10(6-13)9-18/h1-6,8H,7H2,(H,19,20). The maximum atomic E-state index is 11.9. The molecule has 2 aromatic rings. The number of nitriles is 1. The Bertz CT molecular complexity index is 693. The summed E-state index contributed by atoms with van der Waals surface area (Å²) in [5.41, 5.74) is 1.77. The fourth-order valence-electron chi connectivity index (χ4n) is 1.71. The summed E-state index contributed by atoms with van der Waals surface area (Å²) in [4.78, 5) is 11.9. The Hall–Kier alpha value is -2.02. The van der Waals surface area contributed by atoms with Crippen molar-refractivity contribution in [2.75, 3.05) is 5.32 Å². The fraction of sp³-hybridized carbons (Fsp3) is 0.0667. The minimum atomic E-state index is -0.204. The third-order valence-electron chi connectivity index (χ3n) is 2.64. The molecule has 0 saturated heterocycles. The van der Waals surface area contributed by atoms with Crippen LogP contribution in [0, 0.1) is 11.3 Å². The van der Waals surface area contributed by atoms with Crippen molar-refractivity contribution in [1.82, 2.24) is 0 Å². The van der Waals surface area contributed by atoms with E-state index < -0.39 is 0 Å². The molecule has 0 fully saturated rings. The highest BCUT2D eigenvalue weighted by Gasteiger charge is 2.08. The molecule has 20 heavy (non-hydrogen) atoms. The molecule has 0 saturated carbocycles. The molecule has 0 aliphatic heterocycles. The molecular weight excluding hydrogens is 295 g/mol. The van der Waals surface area contributed by atoms with Crippen molar-refractivity contribution < 1.29 is 4.79 Å². The molecule has 0 bridgehead atoms. The third-order valence-corrected chi connectivity index (χ3v) is 3.23. The minimum absolute atomic E-state index is 0.146. The summed E-state index contributed by atoms with van der Waals surface area (Å²) in [5, 5.41) is 12.5. The van der Waals surface area contributed by atoms with Crippen LogP contribution in [0.15, 0.2) is 42.5 Å². The SMILES string of the molecule is N#Cc1cccc(NC(=O)Cc2ccc(Cl)cc2Cl)c1. The van der Waals surface area contributed by atoms with E-state index in [4.69, 9.17) is 28.5 Å². The zero-order valence-electron chi connectivity index (χ0n) is 10.4. The monoisotopic (exact) mass is 304 g/mol. The Morgan fingerprint density at radius 3 is 2.70 bits per heavy atom. The lowest BCUT2D eigenvalue weighted by Crippen LogP contribution is -2.14. The highest BCUT2D eigenvalue weighted by Crippen LogP contribution is 2.21. The van der Waals surface area contributed by atoms with E-state index in [0.717, 1.165) is 0 Å². The smallest absolute Gasteiger partial charge is 0.228 e. The Balaban J connectivity index is 2.07. The Morgan fingerprint density at radius 1 is 1.20 bits per heavy atom. The van der Waals surface area contributed by atoms with Crippen LogP contribution >= 0.6 is 23.2 Å². The summed E-state index contributed by atoms with van der Waals surface area (Å²) in [5.74, 6) is -0.204. The number of benzene rings is 2. The number of anilines is 1. The molecule has 0 heterocycles. The molecule has 2 aromatic carbocycles. The normalized spacial score (nSPS) is 9.85. The highest BCUT2D eigenvalue weighted by molar-refractivity contribution is 6.35. The number of nitrogens with one attached hydrogen (secondary N) is 1. The second kappa shape index (κ2) is 6.42. The van der Waals surface area contributed by atoms with Gasteiger partial charge >= 0.3 is 0 Å². The summed E-state index contributed by atoms with van der Waals surface area (Å²) < 4.78 is 0. The molecular formula is C15H10Cl2N2O. The van der Waals surface area contributed by atoms with Crippen molar-refractivity contribution in [3.63, 3.8) is 0 Å². The first-order chi connectivity index (χ1) is 9.58. The van der Waals surface area contributed by atoms with Crippen LogP contribution in [0.2, 0.25) is 10.0 Å². The summed E-state index contributed by atoms with van der Waals surface area (Å²) >= 11 is 11.8. The molecule has 1 N–H and O–H groups in total. The predicted molar refractivity (Wildman–Crippen MR) is 80.0 cm³/mol. The Morgan fingerprint density at radius 2 is 2.00 bits per heavy atom. The first-order valence-electron chi connectivity index (χ1n) is 5.82. The average Bonchev–Trinajstić information content (AvgIpc) is 2.42. The number of hydrogen-bond donors (Lipinski definition) is 1. The number of halogens is 2. The lowest BCUT2D eigenvalue weighted by atomic mass is 10.1. The molecule has 0 atom stereocenters. The van der Waals surface area contributed by atoms with Gasteiger partial charge in [-0.25, -0.2) is 0 Å². The van der Waals surface area contributed by atoms with E-state index in [-0.39, 0.29) is 12.3 Å². The molecule has 2 rings (SSSR count). The van der Waals surface area contributed by atoms with Crippen LogP contribution in [-0.2, 0) is 11.2 Å². The van der Waals surface area contributed by atoms with Gasteiger partial charge in [0.05, 0.1) is 18.1 Å². The number of nitrogens with zero attached hydrogens (tertiary/aromatic N) is 1. The van der Waals surface area contributed by atoms with Crippen molar-refractivity contribution in [3.05, 3.63) is 63.6 Å². The Labute approximate surface area is 126 Å². The number of carbonyl (C=O) groups is 1. The van der Waals surface area contributed by atoms with Gasteiger partial charge in [-0.15, -0.1) is 0 Å². The third kappa shape index (κ3) is 3.74. The van der Waals surface area contributed by atoms with Gasteiger partial charge in [0, 0.05) is 15.7 Å². The molecule has 1 amide bonds. The van der Waals surface area contributed by atoms with Crippen molar-refractivity contribution >= 4 is 34.8 Å². The quantitative estimate of drug-likeness (QED) is 0.930. The number of amides is 1. The van der Waals surface area contributed by atoms with Crippen LogP contribution in [-0.4, -0.2) is 5.91 Å². The van der Waals surface area contributed by atoms with Gasteiger partial charge in [-0.3, -0.25) is 4.79 Å². The molecule has 100 valence electrons. The first kappa shape index (κ1) is 14.4. The van der Waals surface area contributed by atoms with Crippen LogP contribution in [0.25, 0.3) is 0 Å². The molecule has 0 aliphatic rings. The molecule has 3 nitrogen and oxygen atoms in total. The average molecular weight is 305 g/mol. The summed E-state index contributed by atoms with van der Waals surface area (Å²) in [6.07, 6.45) is 0.146. The van der Waals surface area contributed by atoms with Crippen molar-refractivity contribution in [3.8, 4) is 6.07 Å². The van der Waals surface area contributed by atoms with Gasteiger partial charge in [0.25, 0.3) is 0 Å². The zero-order valence-corrected chi connectivity index (χ0v) is 11.9. The lowest BCUT2D eigenvalue weighted by Gasteiger charge is -2.07. The second-order valence-electron chi connectivity index (χ2n) is 4.15. The van der Waals surface area contributed by atoms with Gasteiger partial charge in [-0.1, -0.05) is 35.3 Å². The van der Waals surface area contributed by atoms with Gasteiger partial charge in [-0.2, -0.15) is 5.26 Å². The number of rotatable bonds is 3. The second-order valence-corrected chi connectivity index (χ2v) is 5.00. The molecule has 0 aromatic heterocycles. The van der Waals surface area contributed by atoms with Gasteiger partial charge in [-0.05, 0) is 35.9 Å². The molecule has 0 radical (unpaired) electrons. The van der Waals surface area contributed by atoms with Crippen LogP contribution < -0.4 is 5.32 Å². The number of carbonyl (C=O) groups excluding carboxylic acids is 1. The van der Waals surface area contributed by atoms with Gasteiger partial charge in [0.1, 0.15) is 0 Å². The van der Waals surface area contributed by atoms with E-state index in [2.05, 4.69) is 5.32 Å². The van der Waals surface area contributed by atoms with E-state index in [9.17, 15) is 4.79 Å². The maximum Gasteiger partial charge on any atom is 0.228 e. The molecule has 5 heteroatoms. The summed E-state index contributed by atoms with van der Waals surface area (Å²) in [6.45, 7) is 0. The summed E-state index contributed by atoms with van der Waals surface area (Å²) in [6, 6.07) is 13.7. The van der Waals surface area contributed by atoms with Crippen LogP contribution in [0.3, 0.4) is 0 Å². The van der Waals surface area contributed by atoms with E-state index in [1.54, 1.807) is 42.5 Å². The van der Waals surface area contributed by atoms with E-state index in [1.807, 2.05) is 6.07 Å². The van der Waals surface area contributed by atoms with E-state index in [0.29, 0.717) is 26.9 Å². The minimum Gasteiger partial charge on any atom is -0.326 e. The fourth-order valence-corrected chi connectivity index (χ4v) is 2.19. The maximum absolute atomic E-state index is 11.9. The van der Waals surface area contributed by atoms with E-state index >= 15 is 0 Å². The summed E-state index contributed by atoms with van der Waals surface area (Å²) in [7, 11) is 0. The molecule has 0 spiro atoms. The van der Waals surface area contributed by atoms with E-state index in [1.165, 1.54) is 0 Å². The van der Waals surface area contributed by atoms with Gasteiger partial charge in [0.15, 0.2) is 0 Å². The highest BCUT2D eigenvalue weighted by atomic mass is 35.5. The van der Waals surface area contributed by atoms with Crippen molar-refractivity contribution in [2.45, 2.75) is 6.42 Å². The van der Waals surface area contributed by atoms with Crippen molar-refractivity contribution in [2.24, 2.45) is 0 Å². The Kier molecular flexibility index (Phi) is 4.62. The van der Waals surface area contributed by atoms with Gasteiger partial charge in [0.2, 0.25) is 5.91 Å². The van der Waals surface area contributed by atoms with Crippen LogP contribution in [0.5, 0.6) is 0 Å². The molecule has 0 unspecified atom stereocenters.